The van der Waals surface area contributed by atoms with E-state index in [4.69, 9.17) is 10.0 Å². The van der Waals surface area contributed by atoms with Crippen LogP contribution in [0.3, 0.4) is 0 Å². The van der Waals surface area contributed by atoms with Crippen LogP contribution in [0.5, 0.6) is 11.5 Å². The molecule has 10 rings (SSSR count). The molecule has 10 aromatic rings. The highest BCUT2D eigenvalue weighted by Crippen LogP contribution is 2.35. The lowest BCUT2D eigenvalue weighted by Crippen LogP contribution is -2.29. The van der Waals surface area contributed by atoms with E-state index in [1.165, 1.54) is 60.7 Å². The van der Waals surface area contributed by atoms with Crippen molar-refractivity contribution in [1.29, 1.82) is 0 Å². The highest BCUT2D eigenvalue weighted by atomic mass is 79.9. The number of carbonyl (C=O) groups is 2. The fraction of sp³-hybridized carbons (Fsp3) is 0.133. The van der Waals surface area contributed by atoms with Crippen LogP contribution in [0.2, 0.25) is 0 Å². The number of phenolic OH excluding ortho intramolecular Hbond substituents is 2. The van der Waals surface area contributed by atoms with Crippen LogP contribution in [0.1, 0.15) is 58.3 Å². The molecule has 0 fully saturated rings. The van der Waals surface area contributed by atoms with Gasteiger partial charge >= 0.3 is 7.12 Å². The lowest BCUT2D eigenvalue weighted by Gasteiger charge is -2.20. The van der Waals surface area contributed by atoms with Crippen molar-refractivity contribution >= 4 is 61.9 Å². The topological polar surface area (TPSA) is 172 Å². The predicted octanol–water partition coefficient (Wildman–Crippen LogP) is 12.2. The summed E-state index contributed by atoms with van der Waals surface area (Å²) in [6, 6.07) is 34.7. The van der Waals surface area contributed by atoms with Crippen molar-refractivity contribution < 1.29 is 56.2 Å². The molecular weight excluding hydrogens is 1080 g/mol. The third kappa shape index (κ3) is 15.0. The second-order valence-electron chi connectivity index (χ2n) is 18.5. The summed E-state index contributed by atoms with van der Waals surface area (Å²) in [5.41, 5.74) is 7.01. The number of ketones is 2. The summed E-state index contributed by atoms with van der Waals surface area (Å²) in [6.07, 6.45) is 7.68. The Bertz CT molecular complexity index is 3670. The fourth-order valence-electron chi connectivity index (χ4n) is 9.25. The van der Waals surface area contributed by atoms with Gasteiger partial charge in [-0.1, -0.05) is 30.3 Å². The Morgan fingerprint density at radius 1 is 0.526 bits per heavy atom. The summed E-state index contributed by atoms with van der Waals surface area (Å²) in [6.45, 7) is 0. The standard InChI is InChI=1S/C30H23F3N2O2.C24H19BrF2N2O2.C6H6BFO2/c31-22-5-3-19(4-6-22)27-2-1-9-34-30(27)20(10-18-11-23(32)15-24(33)12-18)13-26(37)14-21-17-35-29-8-7-25(36)16-28(21)29;25-22-2-1-5-28-24(22)15(6-14-7-17(26)11-18(27)8-14)9-20(31)10-16-13-29-23-4-3-19(30)12-21(16)23;8-6-3-1-5(2-4-6)7(9)10/h1-9,11-12,15-17,20,35-36H,10,13-14H2;1-5,7-8,11-13,15,29-30H,6,9-10H2;1-4,9-10H/t20-;15-;/m11./s1. The summed E-state index contributed by atoms with van der Waals surface area (Å²) in [5, 5.41) is 38.3. The summed E-state index contributed by atoms with van der Waals surface area (Å²) >= 11 is 3.48. The molecule has 4 aromatic heterocycles. The van der Waals surface area contributed by atoms with Crippen molar-refractivity contribution in [2.45, 2.75) is 50.4 Å². The first kappa shape index (κ1) is 55.9. The Balaban J connectivity index is 0.000000177. The van der Waals surface area contributed by atoms with Crippen LogP contribution in [0, 0.1) is 34.9 Å². The minimum atomic E-state index is -1.51. The number of pyridine rings is 2. The maximum Gasteiger partial charge on any atom is 0.488 e. The molecule has 0 amide bonds. The number of fused-ring (bicyclic) bond motifs is 2. The number of rotatable bonds is 16. The number of aromatic nitrogens is 4. The van der Waals surface area contributed by atoms with Gasteiger partial charge in [0.2, 0.25) is 0 Å². The van der Waals surface area contributed by atoms with Crippen LogP contribution in [0.15, 0.2) is 175 Å². The number of carbonyl (C=O) groups excluding carboxylic acids is 2. The van der Waals surface area contributed by atoms with Gasteiger partial charge in [-0.3, -0.25) is 19.6 Å². The zero-order chi connectivity index (χ0) is 55.5. The number of halogens is 7. The van der Waals surface area contributed by atoms with Gasteiger partial charge in [-0.25, -0.2) is 26.3 Å². The van der Waals surface area contributed by atoms with E-state index < -0.39 is 36.3 Å². The molecule has 0 saturated carbocycles. The van der Waals surface area contributed by atoms with Crippen molar-refractivity contribution in [3.8, 4) is 22.6 Å². The predicted molar refractivity (Wildman–Crippen MR) is 290 cm³/mol. The molecule has 0 spiro atoms. The smallest absolute Gasteiger partial charge is 0.488 e. The van der Waals surface area contributed by atoms with Crippen molar-refractivity contribution in [1.82, 2.24) is 19.9 Å². The van der Waals surface area contributed by atoms with Gasteiger partial charge in [0.15, 0.2) is 0 Å². The Hall–Kier alpha value is -8.32. The highest BCUT2D eigenvalue weighted by molar-refractivity contribution is 9.10. The normalized spacial score (nSPS) is 11.8. The lowest BCUT2D eigenvalue weighted by molar-refractivity contribution is -0.119. The van der Waals surface area contributed by atoms with Gasteiger partial charge in [0.25, 0.3) is 0 Å². The number of phenols is 2. The monoisotopic (exact) mass is 1120 g/mol. The van der Waals surface area contributed by atoms with Crippen LogP contribution >= 0.6 is 15.9 Å². The first-order valence-corrected chi connectivity index (χ1v) is 25.2. The van der Waals surface area contributed by atoms with E-state index in [1.807, 2.05) is 12.1 Å². The molecule has 4 heterocycles. The molecule has 18 heteroatoms. The molecule has 0 aliphatic heterocycles. The van der Waals surface area contributed by atoms with Gasteiger partial charge in [0, 0.05) is 106 Å². The van der Waals surface area contributed by atoms with Gasteiger partial charge in [0.1, 0.15) is 58.0 Å². The van der Waals surface area contributed by atoms with Gasteiger partial charge in [-0.2, -0.15) is 0 Å². The number of hydrogen-bond donors (Lipinski definition) is 6. The van der Waals surface area contributed by atoms with Crippen molar-refractivity contribution in [3.05, 3.63) is 243 Å². The average Bonchev–Trinajstić information content (AvgIpc) is 3.98. The first-order valence-electron chi connectivity index (χ1n) is 24.4. The van der Waals surface area contributed by atoms with E-state index >= 15 is 0 Å². The summed E-state index contributed by atoms with van der Waals surface area (Å²) < 4.78 is 81.8. The van der Waals surface area contributed by atoms with E-state index in [2.05, 4.69) is 35.9 Å². The van der Waals surface area contributed by atoms with Crippen LogP contribution < -0.4 is 5.46 Å². The highest BCUT2D eigenvalue weighted by Gasteiger charge is 2.25. The Kier molecular flexibility index (Phi) is 18.4. The van der Waals surface area contributed by atoms with Crippen LogP contribution in [-0.2, 0) is 35.3 Å². The average molecular weight is 1130 g/mol. The van der Waals surface area contributed by atoms with Gasteiger partial charge < -0.3 is 30.2 Å². The van der Waals surface area contributed by atoms with E-state index in [0.717, 1.165) is 55.1 Å². The second-order valence-corrected chi connectivity index (χ2v) is 19.4. The number of H-pyrrole nitrogens is 2. The molecule has 0 aliphatic carbocycles. The number of aromatic hydroxyl groups is 2. The molecule has 6 aromatic carbocycles. The van der Waals surface area contributed by atoms with Crippen LogP contribution in [0.25, 0.3) is 32.9 Å². The molecule has 0 radical (unpaired) electrons. The maximum absolute atomic E-state index is 14.0. The number of Topliss-reactive ketones (excluding diaryl/α,β-unsaturated/α-hetero) is 2. The third-order valence-electron chi connectivity index (χ3n) is 12.8. The summed E-state index contributed by atoms with van der Waals surface area (Å²) in [5.74, 6) is -4.21. The summed E-state index contributed by atoms with van der Waals surface area (Å²) in [7, 11) is -1.51. The molecule has 0 unspecified atom stereocenters. The maximum atomic E-state index is 14.0. The molecule has 396 valence electrons. The number of benzene rings is 6. The zero-order valence-corrected chi connectivity index (χ0v) is 42.9. The molecular formula is C60H48BBrF6N4O6. The molecule has 10 nitrogen and oxygen atoms in total. The number of hydrogen-bond acceptors (Lipinski definition) is 8. The largest absolute Gasteiger partial charge is 0.508 e. The molecule has 78 heavy (non-hydrogen) atoms. The van der Waals surface area contributed by atoms with E-state index in [-0.39, 0.29) is 79.1 Å². The summed E-state index contributed by atoms with van der Waals surface area (Å²) in [4.78, 5) is 41.5. The Labute approximate surface area is 452 Å². The zero-order valence-electron chi connectivity index (χ0n) is 41.3. The van der Waals surface area contributed by atoms with Gasteiger partial charge in [-0.05, 0) is 165 Å². The van der Waals surface area contributed by atoms with E-state index in [0.29, 0.717) is 33.5 Å². The second kappa shape index (κ2) is 25.7. The number of nitrogens with zero attached hydrogens (tertiary/aromatic N) is 2. The molecule has 0 aliphatic rings. The third-order valence-corrected chi connectivity index (χ3v) is 13.4. The molecule has 0 saturated heterocycles. The SMILES string of the molecule is O=C(Cc1c[nH]c2ccc(O)cc12)C[C@@H](Cc1cc(F)cc(F)c1)c1ncccc1-c1ccc(F)cc1.O=C(Cc1c[nH]c2ccc(O)cc12)C[C@@H](Cc1cc(F)cc(F)c1)c1ncccc1Br.OB(O)c1ccc(F)cc1. The van der Waals surface area contributed by atoms with Gasteiger partial charge in [-0.15, -0.1) is 0 Å². The van der Waals surface area contributed by atoms with Crippen LogP contribution in [-0.4, -0.2) is 58.9 Å². The first-order chi connectivity index (χ1) is 37.4. The Morgan fingerprint density at radius 2 is 0.962 bits per heavy atom. The van der Waals surface area contributed by atoms with Crippen molar-refractivity contribution in [2.24, 2.45) is 0 Å². The van der Waals surface area contributed by atoms with Gasteiger partial charge in [0.05, 0.1) is 11.4 Å². The van der Waals surface area contributed by atoms with Crippen molar-refractivity contribution in [2.75, 3.05) is 0 Å². The Morgan fingerprint density at radius 3 is 1.42 bits per heavy atom. The van der Waals surface area contributed by atoms with E-state index in [9.17, 15) is 46.1 Å². The quantitative estimate of drug-likeness (QED) is 0.0410. The van der Waals surface area contributed by atoms with Crippen LogP contribution in [0.4, 0.5) is 26.3 Å². The van der Waals surface area contributed by atoms with E-state index in [1.54, 1.807) is 85.5 Å². The molecule has 6 N–H and O–H groups in total. The fourth-order valence-corrected chi connectivity index (χ4v) is 9.83. The number of aromatic amines is 2. The molecule has 2 atom stereocenters. The lowest BCUT2D eigenvalue weighted by atomic mass is 9.80. The minimum absolute atomic E-state index is 0.0383. The van der Waals surface area contributed by atoms with Crippen molar-refractivity contribution in [3.63, 3.8) is 0 Å². The number of nitrogens with one attached hydrogen (secondary N) is 2. The minimum Gasteiger partial charge on any atom is -0.508 e. The molecule has 0 bridgehead atoms.